The fourth-order valence-corrected chi connectivity index (χ4v) is 4.27. The molecule has 5 unspecified atom stereocenters. The van der Waals surface area contributed by atoms with Crippen molar-refractivity contribution in [2.75, 3.05) is 12.0 Å². The van der Waals surface area contributed by atoms with Crippen LogP contribution in [0.3, 0.4) is 0 Å². The fourth-order valence-electron chi connectivity index (χ4n) is 3.70. The summed E-state index contributed by atoms with van der Waals surface area (Å²) in [6.45, 7) is 17.0. The topological polar surface area (TPSA) is 125 Å². The highest BCUT2D eigenvalue weighted by Gasteiger charge is 2.35. The number of aliphatic hydroxyl groups excluding tert-OH is 1. The first kappa shape index (κ1) is 33.4. The molecule has 4 N–H and O–H groups in total. The number of aliphatic hydroxyl groups is 1. The Morgan fingerprint density at radius 3 is 2.11 bits per heavy atom. The first-order valence-electron chi connectivity index (χ1n) is 12.6. The number of hydrogen-bond donors (Lipinski definition) is 4. The van der Waals surface area contributed by atoms with Crippen LogP contribution in [-0.4, -0.2) is 63.3 Å². The van der Waals surface area contributed by atoms with Crippen molar-refractivity contribution < 1.29 is 23.7 Å². The SMILES string of the molecule is C=C(C)C(=O)C(CC(C)C)NC(=O)C(CCS(C)=O)NC(O)C(NC(=O)CCCCC)C(C)(C)C. The van der Waals surface area contributed by atoms with E-state index in [-0.39, 0.29) is 29.8 Å². The summed E-state index contributed by atoms with van der Waals surface area (Å²) in [6.07, 6.45) is 4.05. The summed E-state index contributed by atoms with van der Waals surface area (Å²) in [5.41, 5.74) is -0.147. The third-order valence-corrected chi connectivity index (χ3v) is 6.53. The largest absolute Gasteiger partial charge is 0.376 e. The fraction of sp³-hybridized carbons (Fsp3) is 0.808. The second-order valence-corrected chi connectivity index (χ2v) is 12.5. The first-order valence-corrected chi connectivity index (χ1v) is 14.4. The molecular formula is C26H49N3O5S. The van der Waals surface area contributed by atoms with Gasteiger partial charge in [0.25, 0.3) is 0 Å². The molecular weight excluding hydrogens is 466 g/mol. The van der Waals surface area contributed by atoms with Gasteiger partial charge in [-0.05, 0) is 43.1 Å². The van der Waals surface area contributed by atoms with Crippen molar-refractivity contribution in [1.82, 2.24) is 16.0 Å². The van der Waals surface area contributed by atoms with Gasteiger partial charge in [0.1, 0.15) is 6.23 Å². The molecule has 0 saturated heterocycles. The number of amides is 2. The molecule has 204 valence electrons. The molecule has 2 amide bonds. The van der Waals surface area contributed by atoms with E-state index in [2.05, 4.69) is 29.5 Å². The van der Waals surface area contributed by atoms with Gasteiger partial charge < -0.3 is 15.7 Å². The number of ketones is 1. The van der Waals surface area contributed by atoms with Gasteiger partial charge in [-0.1, -0.05) is 61.0 Å². The molecule has 0 aromatic rings. The zero-order chi connectivity index (χ0) is 27.3. The molecule has 0 aliphatic carbocycles. The van der Waals surface area contributed by atoms with Gasteiger partial charge in [0.15, 0.2) is 5.78 Å². The highest BCUT2D eigenvalue weighted by molar-refractivity contribution is 7.84. The van der Waals surface area contributed by atoms with Crippen molar-refractivity contribution >= 4 is 28.4 Å². The normalized spacial score (nSPS) is 16.2. The predicted octanol–water partition coefficient (Wildman–Crippen LogP) is 2.82. The van der Waals surface area contributed by atoms with E-state index in [1.54, 1.807) is 13.2 Å². The second kappa shape index (κ2) is 16.2. The molecule has 8 nitrogen and oxygen atoms in total. The van der Waals surface area contributed by atoms with E-state index in [1.165, 1.54) is 0 Å². The van der Waals surface area contributed by atoms with Crippen molar-refractivity contribution in [1.29, 1.82) is 0 Å². The zero-order valence-electron chi connectivity index (χ0n) is 23.0. The number of hydrogen-bond acceptors (Lipinski definition) is 6. The Kier molecular flexibility index (Phi) is 15.5. The molecule has 9 heteroatoms. The number of carbonyl (C=O) groups excluding carboxylic acids is 3. The molecule has 0 radical (unpaired) electrons. The van der Waals surface area contributed by atoms with Crippen LogP contribution in [0.2, 0.25) is 0 Å². The number of rotatable bonds is 17. The predicted molar refractivity (Wildman–Crippen MR) is 143 cm³/mol. The van der Waals surface area contributed by atoms with Crippen molar-refractivity contribution in [2.24, 2.45) is 11.3 Å². The van der Waals surface area contributed by atoms with Gasteiger partial charge in [0.2, 0.25) is 11.8 Å². The maximum atomic E-state index is 13.2. The van der Waals surface area contributed by atoms with Gasteiger partial charge in [-0.2, -0.15) is 0 Å². The molecule has 0 bridgehead atoms. The maximum Gasteiger partial charge on any atom is 0.237 e. The van der Waals surface area contributed by atoms with E-state index in [0.29, 0.717) is 18.4 Å². The van der Waals surface area contributed by atoms with Crippen LogP contribution in [0.4, 0.5) is 0 Å². The van der Waals surface area contributed by atoms with Crippen molar-refractivity contribution in [3.63, 3.8) is 0 Å². The Labute approximate surface area is 214 Å². The molecule has 35 heavy (non-hydrogen) atoms. The molecule has 0 aliphatic heterocycles. The summed E-state index contributed by atoms with van der Waals surface area (Å²) in [5, 5.41) is 19.7. The highest BCUT2D eigenvalue weighted by Crippen LogP contribution is 2.22. The van der Waals surface area contributed by atoms with Gasteiger partial charge in [-0.3, -0.25) is 23.9 Å². The summed E-state index contributed by atoms with van der Waals surface area (Å²) in [4.78, 5) is 38.3. The number of carbonyl (C=O) groups is 3. The first-order chi connectivity index (χ1) is 16.1. The molecule has 0 rings (SSSR count). The molecule has 0 spiro atoms. The molecule has 0 heterocycles. The summed E-state index contributed by atoms with van der Waals surface area (Å²) in [7, 11) is -1.15. The molecule has 0 fully saturated rings. The molecule has 0 saturated carbocycles. The zero-order valence-corrected chi connectivity index (χ0v) is 23.8. The van der Waals surface area contributed by atoms with Crippen LogP contribution in [0.1, 0.15) is 87.0 Å². The maximum absolute atomic E-state index is 13.2. The van der Waals surface area contributed by atoms with E-state index >= 15 is 0 Å². The minimum atomic E-state index is -1.23. The van der Waals surface area contributed by atoms with Gasteiger partial charge in [0, 0.05) is 29.2 Å². The minimum absolute atomic E-state index is 0.154. The highest BCUT2D eigenvalue weighted by atomic mass is 32.2. The third-order valence-electron chi connectivity index (χ3n) is 5.72. The monoisotopic (exact) mass is 515 g/mol. The smallest absolute Gasteiger partial charge is 0.237 e. The number of Topliss-reactive ketones (excluding diaryl/α,β-unsaturated/α-hetero) is 1. The van der Waals surface area contributed by atoms with Crippen molar-refractivity contribution in [2.45, 2.75) is 111 Å². The molecule has 0 aromatic heterocycles. The molecule has 0 aromatic carbocycles. The van der Waals surface area contributed by atoms with E-state index in [0.717, 1.165) is 19.3 Å². The van der Waals surface area contributed by atoms with Gasteiger partial charge in [-0.25, -0.2) is 0 Å². The van der Waals surface area contributed by atoms with Gasteiger partial charge in [0.05, 0.1) is 18.1 Å². The molecule has 0 aliphatic rings. The van der Waals surface area contributed by atoms with Crippen LogP contribution in [0.25, 0.3) is 0 Å². The van der Waals surface area contributed by atoms with Gasteiger partial charge >= 0.3 is 0 Å². The van der Waals surface area contributed by atoms with Crippen LogP contribution in [0.15, 0.2) is 12.2 Å². The summed E-state index contributed by atoms with van der Waals surface area (Å²) >= 11 is 0. The Hall–Kier alpha value is -1.58. The van der Waals surface area contributed by atoms with Crippen LogP contribution in [0, 0.1) is 11.3 Å². The Morgan fingerprint density at radius 1 is 1.06 bits per heavy atom. The average molecular weight is 516 g/mol. The average Bonchev–Trinajstić information content (AvgIpc) is 2.72. The summed E-state index contributed by atoms with van der Waals surface area (Å²) < 4.78 is 11.8. The van der Waals surface area contributed by atoms with Crippen LogP contribution in [-0.2, 0) is 25.2 Å². The Balaban J connectivity index is 5.67. The van der Waals surface area contributed by atoms with Gasteiger partial charge in [-0.15, -0.1) is 0 Å². The van der Waals surface area contributed by atoms with Crippen LogP contribution >= 0.6 is 0 Å². The second-order valence-electron chi connectivity index (χ2n) is 10.9. The summed E-state index contributed by atoms with van der Waals surface area (Å²) in [5.74, 6) is -0.449. The molecule has 5 atom stereocenters. The standard InChI is InChI=1S/C26H49N3O5S/c1-10-11-12-13-21(30)29-23(26(6,7)8)25(33)27-19(14-15-35(9)34)24(32)28-20(16-17(2)3)22(31)18(4)5/h17,19-20,23,25,27,33H,4,10-16H2,1-3,5-9H3,(H,28,32)(H,29,30). The lowest BCUT2D eigenvalue weighted by molar-refractivity contribution is -0.129. The third kappa shape index (κ3) is 13.9. The van der Waals surface area contributed by atoms with Crippen LogP contribution in [0.5, 0.6) is 0 Å². The quantitative estimate of drug-likeness (QED) is 0.134. The lowest BCUT2D eigenvalue weighted by atomic mass is 9.85. The Morgan fingerprint density at radius 2 is 1.66 bits per heavy atom. The van der Waals surface area contributed by atoms with E-state index in [4.69, 9.17) is 0 Å². The number of nitrogens with one attached hydrogen (secondary N) is 3. The van der Waals surface area contributed by atoms with Crippen molar-refractivity contribution in [3.05, 3.63) is 12.2 Å². The van der Waals surface area contributed by atoms with Crippen molar-refractivity contribution in [3.8, 4) is 0 Å². The lowest BCUT2D eigenvalue weighted by Gasteiger charge is -2.37. The number of unbranched alkanes of at least 4 members (excludes halogenated alkanes) is 2. The van der Waals surface area contributed by atoms with E-state index in [1.807, 2.05) is 34.6 Å². The summed E-state index contributed by atoms with van der Waals surface area (Å²) in [6, 6.07) is -2.30. The minimum Gasteiger partial charge on any atom is -0.376 e. The lowest BCUT2D eigenvalue weighted by Crippen LogP contribution is -2.61. The van der Waals surface area contributed by atoms with Crippen LogP contribution < -0.4 is 16.0 Å². The van der Waals surface area contributed by atoms with E-state index in [9.17, 15) is 23.7 Å². The van der Waals surface area contributed by atoms with E-state index < -0.39 is 46.5 Å². The Bertz CT molecular complexity index is 733.